The van der Waals surface area contributed by atoms with Crippen molar-refractivity contribution in [2.24, 2.45) is 7.05 Å². The number of hydrogen-bond acceptors (Lipinski definition) is 3. The van der Waals surface area contributed by atoms with Crippen molar-refractivity contribution in [3.63, 3.8) is 0 Å². The summed E-state index contributed by atoms with van der Waals surface area (Å²) >= 11 is 0. The lowest BCUT2D eigenvalue weighted by Gasteiger charge is -2.18. The normalized spacial score (nSPS) is 12.4. The van der Waals surface area contributed by atoms with Crippen LogP contribution in [-0.2, 0) is 7.05 Å². The molecule has 0 saturated carbocycles. The number of nitrogens with zero attached hydrogens (tertiary/aromatic N) is 3. The zero-order chi connectivity index (χ0) is 16.5. The van der Waals surface area contributed by atoms with E-state index in [1.165, 1.54) is 10.9 Å². The lowest BCUT2D eigenvalue weighted by molar-refractivity contribution is 0.766. The van der Waals surface area contributed by atoms with E-state index in [4.69, 9.17) is 0 Å². The molecule has 0 bridgehead atoms. The molecule has 120 valence electrons. The smallest absolute Gasteiger partial charge is 0.126 e. The van der Waals surface area contributed by atoms with Gasteiger partial charge in [0.2, 0.25) is 0 Å². The minimum absolute atomic E-state index is 0.0231. The number of anilines is 1. The zero-order valence-corrected chi connectivity index (χ0v) is 13.7. The molecule has 24 heavy (non-hydrogen) atoms. The van der Waals surface area contributed by atoms with E-state index in [0.29, 0.717) is 0 Å². The van der Waals surface area contributed by atoms with Gasteiger partial charge >= 0.3 is 0 Å². The fraction of sp³-hybridized carbons (Fsp3) is 0.158. The monoisotopic (exact) mass is 317 g/mol. The maximum atomic E-state index is 4.49. The summed E-state index contributed by atoms with van der Waals surface area (Å²) in [5.74, 6) is 0.847. The number of rotatable bonds is 4. The number of aryl methyl sites for hydroxylation is 2. The Morgan fingerprint density at radius 3 is 2.75 bits per heavy atom. The fourth-order valence-electron chi connectivity index (χ4n) is 2.96. The predicted octanol–water partition coefficient (Wildman–Crippen LogP) is 3.81. The van der Waals surface area contributed by atoms with E-state index in [0.717, 1.165) is 22.5 Å². The molecule has 4 rings (SSSR count). The quantitative estimate of drug-likeness (QED) is 0.602. The van der Waals surface area contributed by atoms with Gasteiger partial charge in [-0.05, 0) is 24.6 Å². The Bertz CT molecular complexity index is 965. The second kappa shape index (κ2) is 5.85. The molecule has 0 spiro atoms. The number of nitrogens with one attached hydrogen (secondary N) is 2. The van der Waals surface area contributed by atoms with Gasteiger partial charge in [0.1, 0.15) is 5.82 Å². The van der Waals surface area contributed by atoms with Crippen LogP contribution in [-0.4, -0.2) is 19.7 Å². The number of fused-ring (bicyclic) bond motifs is 1. The summed E-state index contributed by atoms with van der Waals surface area (Å²) in [6.45, 7) is 2.04. The van der Waals surface area contributed by atoms with Crippen molar-refractivity contribution in [1.29, 1.82) is 0 Å². The van der Waals surface area contributed by atoms with Gasteiger partial charge in [-0.25, -0.2) is 4.98 Å². The number of pyridine rings is 1. The number of hydrogen-bond donors (Lipinski definition) is 2. The standard InChI is InChI=1S/C19H19N5/c1-13-7-8-18(21-9-13)23-19(14-10-22-24(2)12-14)16-11-20-17-6-4-3-5-15(16)17/h3-12,19-20H,1-2H3,(H,21,23). The highest BCUT2D eigenvalue weighted by atomic mass is 15.2. The topological polar surface area (TPSA) is 58.5 Å². The third-order valence-corrected chi connectivity index (χ3v) is 4.19. The van der Waals surface area contributed by atoms with Gasteiger partial charge in [0.25, 0.3) is 0 Å². The highest BCUT2D eigenvalue weighted by Gasteiger charge is 2.19. The van der Waals surface area contributed by atoms with Gasteiger partial charge in [0.05, 0.1) is 12.2 Å². The molecule has 0 amide bonds. The Morgan fingerprint density at radius 1 is 1.12 bits per heavy atom. The third-order valence-electron chi connectivity index (χ3n) is 4.19. The van der Waals surface area contributed by atoms with Crippen LogP contribution in [0.5, 0.6) is 0 Å². The van der Waals surface area contributed by atoms with Crippen LogP contribution in [0.3, 0.4) is 0 Å². The summed E-state index contributed by atoms with van der Waals surface area (Å²) < 4.78 is 1.82. The average Bonchev–Trinajstić information content (AvgIpc) is 3.21. The molecular formula is C19H19N5. The molecule has 1 unspecified atom stereocenters. The van der Waals surface area contributed by atoms with Gasteiger partial charge in [-0.2, -0.15) is 5.10 Å². The zero-order valence-electron chi connectivity index (χ0n) is 13.7. The van der Waals surface area contributed by atoms with E-state index in [9.17, 15) is 0 Å². The molecule has 0 aliphatic rings. The van der Waals surface area contributed by atoms with Gasteiger partial charge < -0.3 is 10.3 Å². The minimum Gasteiger partial charge on any atom is -0.361 e. The number of aromatic nitrogens is 4. The van der Waals surface area contributed by atoms with Crippen molar-refractivity contribution in [3.8, 4) is 0 Å². The van der Waals surface area contributed by atoms with E-state index in [2.05, 4.69) is 50.8 Å². The molecule has 3 aromatic heterocycles. The Labute approximate surface area is 140 Å². The molecule has 1 atom stereocenters. The molecule has 2 N–H and O–H groups in total. The Balaban J connectivity index is 1.79. The highest BCUT2D eigenvalue weighted by Crippen LogP contribution is 2.31. The molecule has 0 fully saturated rings. The molecule has 0 aliphatic carbocycles. The second-order valence-electron chi connectivity index (χ2n) is 6.04. The van der Waals surface area contributed by atoms with Crippen LogP contribution >= 0.6 is 0 Å². The molecule has 3 heterocycles. The van der Waals surface area contributed by atoms with Crippen molar-refractivity contribution < 1.29 is 0 Å². The maximum Gasteiger partial charge on any atom is 0.126 e. The number of aromatic amines is 1. The Hall–Kier alpha value is -3.08. The Kier molecular flexibility index (Phi) is 3.54. The fourth-order valence-corrected chi connectivity index (χ4v) is 2.96. The first kappa shape index (κ1) is 14.5. The molecular weight excluding hydrogens is 298 g/mol. The van der Waals surface area contributed by atoms with Gasteiger partial charge in [0, 0.05) is 47.7 Å². The van der Waals surface area contributed by atoms with Crippen LogP contribution in [0, 0.1) is 6.92 Å². The lowest BCUT2D eigenvalue weighted by Crippen LogP contribution is -2.12. The van der Waals surface area contributed by atoms with Crippen LogP contribution in [0.2, 0.25) is 0 Å². The van der Waals surface area contributed by atoms with Gasteiger partial charge in [0.15, 0.2) is 0 Å². The first-order chi connectivity index (χ1) is 11.7. The van der Waals surface area contributed by atoms with Crippen molar-refractivity contribution in [3.05, 3.63) is 77.9 Å². The predicted molar refractivity (Wildman–Crippen MR) is 95.9 cm³/mol. The van der Waals surface area contributed by atoms with Gasteiger partial charge in [-0.1, -0.05) is 24.3 Å². The largest absolute Gasteiger partial charge is 0.361 e. The molecule has 0 radical (unpaired) electrons. The van der Waals surface area contributed by atoms with E-state index in [-0.39, 0.29) is 6.04 Å². The summed E-state index contributed by atoms with van der Waals surface area (Å²) in [4.78, 5) is 7.84. The molecule has 5 nitrogen and oxygen atoms in total. The Morgan fingerprint density at radius 2 is 2.00 bits per heavy atom. The van der Waals surface area contributed by atoms with E-state index in [1.54, 1.807) is 0 Å². The van der Waals surface area contributed by atoms with E-state index >= 15 is 0 Å². The number of benzene rings is 1. The molecule has 5 heteroatoms. The molecule has 0 saturated heterocycles. The molecule has 4 aromatic rings. The van der Waals surface area contributed by atoms with Crippen LogP contribution in [0.15, 0.2) is 61.2 Å². The summed E-state index contributed by atoms with van der Waals surface area (Å²) in [6, 6.07) is 12.4. The number of para-hydroxylation sites is 1. The first-order valence-corrected chi connectivity index (χ1v) is 7.94. The second-order valence-corrected chi connectivity index (χ2v) is 6.04. The van der Waals surface area contributed by atoms with E-state index in [1.807, 2.05) is 49.4 Å². The molecule has 0 aliphatic heterocycles. The minimum atomic E-state index is -0.0231. The van der Waals surface area contributed by atoms with Crippen molar-refractivity contribution in [2.45, 2.75) is 13.0 Å². The van der Waals surface area contributed by atoms with E-state index < -0.39 is 0 Å². The van der Waals surface area contributed by atoms with Crippen LogP contribution in [0.4, 0.5) is 5.82 Å². The van der Waals surface area contributed by atoms with Crippen LogP contribution < -0.4 is 5.32 Å². The number of H-pyrrole nitrogens is 1. The van der Waals surface area contributed by atoms with Crippen molar-refractivity contribution in [1.82, 2.24) is 19.7 Å². The summed E-state index contributed by atoms with van der Waals surface area (Å²) in [5, 5.41) is 9.08. The van der Waals surface area contributed by atoms with Gasteiger partial charge in [-0.3, -0.25) is 4.68 Å². The SMILES string of the molecule is Cc1ccc(NC(c2cnn(C)c2)c2c[nH]c3ccccc23)nc1. The highest BCUT2D eigenvalue weighted by molar-refractivity contribution is 5.84. The van der Waals surface area contributed by atoms with Crippen molar-refractivity contribution in [2.75, 3.05) is 5.32 Å². The first-order valence-electron chi connectivity index (χ1n) is 7.94. The van der Waals surface area contributed by atoms with Crippen molar-refractivity contribution >= 4 is 16.7 Å². The third kappa shape index (κ3) is 2.65. The summed E-state index contributed by atoms with van der Waals surface area (Å²) in [6.07, 6.45) is 7.86. The van der Waals surface area contributed by atoms with Crippen LogP contribution in [0.1, 0.15) is 22.7 Å². The summed E-state index contributed by atoms with van der Waals surface area (Å²) in [7, 11) is 1.93. The van der Waals surface area contributed by atoms with Crippen LogP contribution in [0.25, 0.3) is 10.9 Å². The maximum absolute atomic E-state index is 4.49. The summed E-state index contributed by atoms with van der Waals surface area (Å²) in [5.41, 5.74) is 4.55. The lowest BCUT2D eigenvalue weighted by atomic mass is 10.0. The average molecular weight is 317 g/mol. The molecule has 1 aromatic carbocycles. The van der Waals surface area contributed by atoms with Gasteiger partial charge in [-0.15, -0.1) is 0 Å².